The van der Waals surface area contributed by atoms with Crippen LogP contribution in [-0.4, -0.2) is 15.7 Å². The summed E-state index contributed by atoms with van der Waals surface area (Å²) < 4.78 is 0. The van der Waals surface area contributed by atoms with Crippen molar-refractivity contribution in [3.8, 4) is 18.2 Å². The van der Waals surface area contributed by atoms with Crippen molar-refractivity contribution in [1.29, 1.82) is 15.8 Å². The minimum Gasteiger partial charge on any atom is -0.323 e. The fourth-order valence-corrected chi connectivity index (χ4v) is 2.39. The Morgan fingerprint density at radius 3 is 2.27 bits per heavy atom. The van der Waals surface area contributed by atoms with Crippen LogP contribution in [-0.2, 0) is 0 Å². The summed E-state index contributed by atoms with van der Waals surface area (Å²) in [6.07, 6.45) is 0. The van der Waals surface area contributed by atoms with E-state index in [9.17, 15) is 15.8 Å². The number of nitrogens with one attached hydrogen (secondary N) is 2. The number of allylic oxidation sites excluding steroid dienone is 2. The van der Waals surface area contributed by atoms with Crippen LogP contribution in [0.4, 0.5) is 5.95 Å². The molecule has 3 aromatic rings. The summed E-state index contributed by atoms with van der Waals surface area (Å²) in [5, 5.41) is 32.1. The fourth-order valence-electron chi connectivity index (χ4n) is 2.39. The Morgan fingerprint density at radius 2 is 1.62 bits per heavy atom. The van der Waals surface area contributed by atoms with E-state index in [1.54, 1.807) is 30.3 Å². The third-order valence-electron chi connectivity index (χ3n) is 3.54. The Kier molecular flexibility index (Phi) is 4.71. The highest BCUT2D eigenvalue weighted by atomic mass is 15.4. The van der Waals surface area contributed by atoms with Gasteiger partial charge in [-0.2, -0.15) is 20.9 Å². The van der Waals surface area contributed by atoms with Crippen molar-refractivity contribution in [3.63, 3.8) is 0 Å². The number of imidazole rings is 1. The molecule has 26 heavy (non-hydrogen) atoms. The highest BCUT2D eigenvalue weighted by Crippen LogP contribution is 2.21. The smallest absolute Gasteiger partial charge is 0.222 e. The second kappa shape index (κ2) is 7.44. The van der Waals surface area contributed by atoms with E-state index in [2.05, 4.69) is 20.5 Å². The average molecular weight is 337 g/mol. The topological polar surface area (TPSA) is 124 Å². The molecule has 0 aliphatic carbocycles. The van der Waals surface area contributed by atoms with E-state index in [1.165, 1.54) is 0 Å². The van der Waals surface area contributed by atoms with E-state index in [-0.39, 0.29) is 16.9 Å². The van der Waals surface area contributed by atoms with Gasteiger partial charge in [-0.15, -0.1) is 0 Å². The van der Waals surface area contributed by atoms with Crippen LogP contribution in [0.5, 0.6) is 0 Å². The van der Waals surface area contributed by atoms with Crippen molar-refractivity contribution in [1.82, 2.24) is 9.97 Å². The molecule has 2 N–H and O–H groups in total. The molecule has 1 heterocycles. The predicted molar refractivity (Wildman–Crippen MR) is 97.4 cm³/mol. The number of H-pyrrole nitrogens is 1. The molecule has 0 spiro atoms. The van der Waals surface area contributed by atoms with Crippen LogP contribution in [0.3, 0.4) is 0 Å². The molecule has 3 rings (SSSR count). The standard InChI is InChI=1S/C19H11N7/c20-10-14(11-21)18(13-6-2-1-3-7-13)17(12-22)25-26-19-23-15-8-4-5-9-16(15)24-19/h1-9H,(H2,23,24,26)/b25-17+. The molecule has 0 bridgehead atoms. The van der Waals surface area contributed by atoms with Gasteiger partial charge in [-0.25, -0.2) is 10.4 Å². The summed E-state index contributed by atoms with van der Waals surface area (Å²) >= 11 is 0. The maximum absolute atomic E-state index is 9.51. The first-order chi connectivity index (χ1) is 12.8. The first-order valence-corrected chi connectivity index (χ1v) is 7.55. The quantitative estimate of drug-likeness (QED) is 0.429. The van der Waals surface area contributed by atoms with Crippen molar-refractivity contribution in [2.45, 2.75) is 0 Å². The second-order valence-corrected chi connectivity index (χ2v) is 5.13. The third kappa shape index (κ3) is 3.26. The number of para-hydroxylation sites is 2. The SMILES string of the molecule is N#CC(C#N)=C(/C(C#N)=N/Nc1nc2ccccc2[nH]1)c1ccccc1. The number of anilines is 1. The van der Waals surface area contributed by atoms with Crippen LogP contribution in [0.2, 0.25) is 0 Å². The van der Waals surface area contributed by atoms with E-state index in [1.807, 2.05) is 42.5 Å². The van der Waals surface area contributed by atoms with Crippen LogP contribution < -0.4 is 5.43 Å². The maximum atomic E-state index is 9.51. The first kappa shape index (κ1) is 16.4. The number of benzene rings is 2. The van der Waals surface area contributed by atoms with Gasteiger partial charge in [0.25, 0.3) is 0 Å². The summed E-state index contributed by atoms with van der Waals surface area (Å²) in [6.45, 7) is 0. The fraction of sp³-hybridized carbons (Fsp3) is 0. The Morgan fingerprint density at radius 1 is 0.923 bits per heavy atom. The molecule has 0 unspecified atom stereocenters. The number of rotatable bonds is 4. The van der Waals surface area contributed by atoms with E-state index in [0.29, 0.717) is 11.5 Å². The Hall–Kier alpha value is -4.41. The van der Waals surface area contributed by atoms with Crippen molar-refractivity contribution >= 4 is 28.3 Å². The molecule has 1 aromatic heterocycles. The summed E-state index contributed by atoms with van der Waals surface area (Å²) in [6, 6.07) is 21.7. The number of hydrogen-bond acceptors (Lipinski definition) is 6. The van der Waals surface area contributed by atoms with E-state index in [0.717, 1.165) is 11.0 Å². The number of hydrogen-bond donors (Lipinski definition) is 2. The predicted octanol–water partition coefficient (Wildman–Crippen LogP) is 3.36. The number of aromatic amines is 1. The molecule has 7 heteroatoms. The normalized spacial score (nSPS) is 10.4. The summed E-state index contributed by atoms with van der Waals surface area (Å²) in [5.74, 6) is 0.349. The van der Waals surface area contributed by atoms with Gasteiger partial charge in [-0.1, -0.05) is 42.5 Å². The highest BCUT2D eigenvalue weighted by Gasteiger charge is 2.16. The van der Waals surface area contributed by atoms with E-state index >= 15 is 0 Å². The van der Waals surface area contributed by atoms with Crippen molar-refractivity contribution in [2.24, 2.45) is 5.10 Å². The van der Waals surface area contributed by atoms with Crippen molar-refractivity contribution in [2.75, 3.05) is 5.43 Å². The minimum atomic E-state index is -0.192. The number of hydrazone groups is 1. The van der Waals surface area contributed by atoms with Crippen molar-refractivity contribution < 1.29 is 0 Å². The van der Waals surface area contributed by atoms with Gasteiger partial charge in [-0.3, -0.25) is 0 Å². The van der Waals surface area contributed by atoms with Crippen LogP contribution >= 0.6 is 0 Å². The minimum absolute atomic E-state index is 0.0882. The molecule has 122 valence electrons. The van der Waals surface area contributed by atoms with Crippen LogP contribution in [0.25, 0.3) is 16.6 Å². The van der Waals surface area contributed by atoms with E-state index < -0.39 is 0 Å². The molecule has 0 amide bonds. The third-order valence-corrected chi connectivity index (χ3v) is 3.54. The van der Waals surface area contributed by atoms with Crippen LogP contribution in [0.1, 0.15) is 5.56 Å². The molecular formula is C19H11N7. The highest BCUT2D eigenvalue weighted by molar-refractivity contribution is 6.33. The molecule has 0 saturated carbocycles. The van der Waals surface area contributed by atoms with Crippen LogP contribution in [0, 0.1) is 34.0 Å². The first-order valence-electron chi connectivity index (χ1n) is 7.55. The number of aromatic nitrogens is 2. The van der Waals surface area contributed by atoms with Gasteiger partial charge in [0.2, 0.25) is 5.95 Å². The Labute approximate surface area is 149 Å². The molecule has 7 nitrogen and oxygen atoms in total. The second-order valence-electron chi connectivity index (χ2n) is 5.13. The number of nitriles is 3. The molecule has 0 atom stereocenters. The monoisotopic (exact) mass is 337 g/mol. The molecule has 0 radical (unpaired) electrons. The maximum Gasteiger partial charge on any atom is 0.222 e. The molecule has 0 aliphatic rings. The lowest BCUT2D eigenvalue weighted by Crippen LogP contribution is -2.06. The number of fused-ring (bicyclic) bond motifs is 1. The van der Waals surface area contributed by atoms with E-state index in [4.69, 9.17) is 0 Å². The lowest BCUT2D eigenvalue weighted by molar-refractivity contribution is 1.21. The van der Waals surface area contributed by atoms with Gasteiger partial charge < -0.3 is 4.98 Å². The molecule has 0 saturated heterocycles. The zero-order chi connectivity index (χ0) is 18.4. The largest absolute Gasteiger partial charge is 0.323 e. The van der Waals surface area contributed by atoms with Crippen LogP contribution in [0.15, 0.2) is 65.3 Å². The van der Waals surface area contributed by atoms with Gasteiger partial charge in [0.1, 0.15) is 23.8 Å². The zero-order valence-corrected chi connectivity index (χ0v) is 13.4. The van der Waals surface area contributed by atoms with Gasteiger partial charge in [0.05, 0.1) is 11.0 Å². The van der Waals surface area contributed by atoms with Gasteiger partial charge >= 0.3 is 0 Å². The lowest BCUT2D eigenvalue weighted by Gasteiger charge is -2.06. The molecule has 0 fully saturated rings. The number of nitrogens with zero attached hydrogens (tertiary/aromatic N) is 5. The lowest BCUT2D eigenvalue weighted by atomic mass is 9.97. The Bertz CT molecular complexity index is 1080. The average Bonchev–Trinajstić information content (AvgIpc) is 3.11. The summed E-state index contributed by atoms with van der Waals surface area (Å²) in [4.78, 5) is 7.33. The summed E-state index contributed by atoms with van der Waals surface area (Å²) in [7, 11) is 0. The Balaban J connectivity index is 2.03. The molecule has 0 aliphatic heterocycles. The molecular weight excluding hydrogens is 326 g/mol. The molecule has 2 aromatic carbocycles. The van der Waals surface area contributed by atoms with Crippen molar-refractivity contribution in [3.05, 3.63) is 65.7 Å². The van der Waals surface area contributed by atoms with Gasteiger partial charge in [0, 0.05) is 5.57 Å². The zero-order valence-electron chi connectivity index (χ0n) is 13.4. The van der Waals surface area contributed by atoms with Gasteiger partial charge in [0.15, 0.2) is 5.71 Å². The summed E-state index contributed by atoms with van der Waals surface area (Å²) in [5.41, 5.74) is 4.69. The van der Waals surface area contributed by atoms with Gasteiger partial charge in [-0.05, 0) is 17.7 Å².